The zero-order valence-corrected chi connectivity index (χ0v) is 8.71. The van der Waals surface area contributed by atoms with E-state index in [-0.39, 0.29) is 11.9 Å². The number of hydrogen-bond donors (Lipinski definition) is 3. The molecular formula is C10H13BN2O3. The fraction of sp³-hybridized carbons (Fsp3) is 0.300. The van der Waals surface area contributed by atoms with Crippen molar-refractivity contribution in [2.75, 3.05) is 11.4 Å². The molecule has 1 saturated heterocycles. The summed E-state index contributed by atoms with van der Waals surface area (Å²) >= 11 is 0. The van der Waals surface area contributed by atoms with Crippen molar-refractivity contribution in [3.63, 3.8) is 0 Å². The molecule has 1 fully saturated rings. The van der Waals surface area contributed by atoms with Crippen molar-refractivity contribution >= 4 is 24.2 Å². The Balaban J connectivity index is 2.27. The fourth-order valence-corrected chi connectivity index (χ4v) is 1.84. The molecule has 1 heterocycles. The quantitative estimate of drug-likeness (QED) is 0.525. The van der Waals surface area contributed by atoms with E-state index >= 15 is 0 Å². The zero-order valence-electron chi connectivity index (χ0n) is 8.71. The minimum atomic E-state index is -1.52. The average Bonchev–Trinajstić information content (AvgIpc) is 2.58. The Morgan fingerprint density at radius 3 is 2.75 bits per heavy atom. The Kier molecular flexibility index (Phi) is 2.96. The van der Waals surface area contributed by atoms with Crippen LogP contribution >= 0.6 is 0 Å². The molecule has 0 saturated carbocycles. The van der Waals surface area contributed by atoms with Gasteiger partial charge in [-0.1, -0.05) is 12.1 Å². The molecule has 0 bridgehead atoms. The van der Waals surface area contributed by atoms with Crippen LogP contribution in [0.5, 0.6) is 0 Å². The monoisotopic (exact) mass is 220 g/mol. The number of amides is 1. The Bertz CT molecular complexity index is 411. The maximum absolute atomic E-state index is 11.6. The van der Waals surface area contributed by atoms with Gasteiger partial charge >= 0.3 is 7.12 Å². The number of hydrogen-bond acceptors (Lipinski definition) is 4. The van der Waals surface area contributed by atoms with Crippen LogP contribution in [0.2, 0.25) is 0 Å². The molecule has 6 heteroatoms. The Labute approximate surface area is 93.6 Å². The van der Waals surface area contributed by atoms with Crippen LogP contribution in [0.3, 0.4) is 0 Å². The summed E-state index contributed by atoms with van der Waals surface area (Å²) in [7, 11) is -1.52. The first kappa shape index (κ1) is 11.1. The van der Waals surface area contributed by atoms with E-state index in [2.05, 4.69) is 0 Å². The molecule has 1 amide bonds. The lowest BCUT2D eigenvalue weighted by atomic mass is 9.80. The van der Waals surface area contributed by atoms with E-state index in [0.29, 0.717) is 24.1 Å². The molecule has 1 atom stereocenters. The molecule has 0 aliphatic carbocycles. The van der Waals surface area contributed by atoms with Gasteiger partial charge in [0.2, 0.25) is 5.91 Å². The molecule has 0 radical (unpaired) electrons. The predicted molar refractivity (Wildman–Crippen MR) is 61.2 cm³/mol. The molecule has 84 valence electrons. The van der Waals surface area contributed by atoms with Gasteiger partial charge in [-0.25, -0.2) is 0 Å². The first-order valence-electron chi connectivity index (χ1n) is 5.10. The Morgan fingerprint density at radius 1 is 1.44 bits per heavy atom. The molecule has 1 aliphatic rings. The van der Waals surface area contributed by atoms with Crippen LogP contribution in [0.25, 0.3) is 0 Å². The summed E-state index contributed by atoms with van der Waals surface area (Å²) in [5, 5.41) is 18.1. The number of nitrogens with zero attached hydrogens (tertiary/aromatic N) is 1. The van der Waals surface area contributed by atoms with E-state index in [1.165, 1.54) is 0 Å². The third-order valence-electron chi connectivity index (χ3n) is 2.63. The number of carbonyl (C=O) groups is 1. The number of carbonyl (C=O) groups excluding carboxylic acids is 1. The molecule has 1 aliphatic heterocycles. The van der Waals surface area contributed by atoms with Gasteiger partial charge in [0.15, 0.2) is 0 Å². The van der Waals surface area contributed by atoms with Crippen LogP contribution in [0, 0.1) is 0 Å². The van der Waals surface area contributed by atoms with E-state index in [1.54, 1.807) is 29.2 Å². The zero-order chi connectivity index (χ0) is 11.7. The third-order valence-corrected chi connectivity index (χ3v) is 2.63. The number of nitrogens with two attached hydrogens (primary N) is 1. The largest absolute Gasteiger partial charge is 0.488 e. The summed E-state index contributed by atoms with van der Waals surface area (Å²) < 4.78 is 0. The van der Waals surface area contributed by atoms with Crippen molar-refractivity contribution in [2.45, 2.75) is 12.5 Å². The standard InChI is InChI=1S/C10H13BN2O3/c12-8-5-10(14)13(6-8)9-3-1-2-7(4-9)11(15)16/h1-4,8,15-16H,5-6,12H2. The smallest absolute Gasteiger partial charge is 0.423 e. The number of anilines is 1. The highest BCUT2D eigenvalue weighted by atomic mass is 16.4. The van der Waals surface area contributed by atoms with E-state index in [0.717, 1.165) is 0 Å². The molecule has 4 N–H and O–H groups in total. The van der Waals surface area contributed by atoms with Crippen molar-refractivity contribution in [1.82, 2.24) is 0 Å². The van der Waals surface area contributed by atoms with E-state index in [4.69, 9.17) is 15.8 Å². The van der Waals surface area contributed by atoms with Gasteiger partial charge in [0.25, 0.3) is 0 Å². The van der Waals surface area contributed by atoms with Crippen molar-refractivity contribution in [1.29, 1.82) is 0 Å². The number of rotatable bonds is 2. The average molecular weight is 220 g/mol. The summed E-state index contributed by atoms with van der Waals surface area (Å²) in [4.78, 5) is 13.2. The first-order valence-corrected chi connectivity index (χ1v) is 5.10. The van der Waals surface area contributed by atoms with E-state index < -0.39 is 7.12 Å². The molecule has 1 unspecified atom stereocenters. The lowest BCUT2D eigenvalue weighted by molar-refractivity contribution is -0.117. The van der Waals surface area contributed by atoms with E-state index in [1.807, 2.05) is 0 Å². The van der Waals surface area contributed by atoms with Crippen molar-refractivity contribution in [3.05, 3.63) is 24.3 Å². The van der Waals surface area contributed by atoms with Gasteiger partial charge in [-0.3, -0.25) is 4.79 Å². The minimum absolute atomic E-state index is 0.0305. The summed E-state index contributed by atoms with van der Waals surface area (Å²) in [5.74, 6) is -0.0305. The van der Waals surface area contributed by atoms with Crippen molar-refractivity contribution in [3.8, 4) is 0 Å². The van der Waals surface area contributed by atoms with Crippen molar-refractivity contribution in [2.24, 2.45) is 5.73 Å². The summed E-state index contributed by atoms with van der Waals surface area (Å²) in [6.07, 6.45) is 0.339. The summed E-state index contributed by atoms with van der Waals surface area (Å²) in [5.41, 5.74) is 6.71. The molecule has 0 aromatic heterocycles. The molecule has 1 aromatic rings. The number of benzene rings is 1. The topological polar surface area (TPSA) is 86.8 Å². The molecule has 2 rings (SSSR count). The van der Waals surface area contributed by atoms with Crippen LogP contribution in [-0.2, 0) is 4.79 Å². The van der Waals surface area contributed by atoms with Crippen LogP contribution in [0.15, 0.2) is 24.3 Å². The summed E-state index contributed by atoms with van der Waals surface area (Å²) in [6.45, 7) is 0.476. The SMILES string of the molecule is NC1CC(=O)N(c2cccc(B(O)O)c2)C1. The highest BCUT2D eigenvalue weighted by Crippen LogP contribution is 2.19. The van der Waals surface area contributed by atoms with E-state index in [9.17, 15) is 4.79 Å². The Morgan fingerprint density at radius 2 is 2.19 bits per heavy atom. The van der Waals surface area contributed by atoms with Crippen LogP contribution in [0.4, 0.5) is 5.69 Å². The van der Waals surface area contributed by atoms with Gasteiger partial charge in [0.1, 0.15) is 0 Å². The van der Waals surface area contributed by atoms with Gasteiger partial charge in [0.05, 0.1) is 0 Å². The van der Waals surface area contributed by atoms with Crippen LogP contribution in [0.1, 0.15) is 6.42 Å². The highest BCUT2D eigenvalue weighted by Gasteiger charge is 2.28. The second kappa shape index (κ2) is 4.25. The lowest BCUT2D eigenvalue weighted by Crippen LogP contribution is -2.32. The molecule has 5 nitrogen and oxygen atoms in total. The molecular weight excluding hydrogens is 207 g/mol. The van der Waals surface area contributed by atoms with Gasteiger partial charge < -0.3 is 20.7 Å². The highest BCUT2D eigenvalue weighted by molar-refractivity contribution is 6.58. The van der Waals surface area contributed by atoms with Gasteiger partial charge in [-0.05, 0) is 17.6 Å². The molecule has 1 aromatic carbocycles. The van der Waals surface area contributed by atoms with Gasteiger partial charge in [0, 0.05) is 24.7 Å². The predicted octanol–water partition coefficient (Wildman–Crippen LogP) is -1.57. The maximum Gasteiger partial charge on any atom is 0.488 e. The maximum atomic E-state index is 11.6. The van der Waals surface area contributed by atoms with Crippen molar-refractivity contribution < 1.29 is 14.8 Å². The van der Waals surface area contributed by atoms with Crippen LogP contribution in [-0.4, -0.2) is 35.7 Å². The van der Waals surface area contributed by atoms with Crippen LogP contribution < -0.4 is 16.1 Å². The fourth-order valence-electron chi connectivity index (χ4n) is 1.84. The summed E-state index contributed by atoms with van der Waals surface area (Å²) in [6, 6.07) is 6.47. The molecule has 16 heavy (non-hydrogen) atoms. The lowest BCUT2D eigenvalue weighted by Gasteiger charge is -2.16. The third kappa shape index (κ3) is 2.09. The minimum Gasteiger partial charge on any atom is -0.423 e. The van der Waals surface area contributed by atoms with Gasteiger partial charge in [-0.15, -0.1) is 0 Å². The Hall–Kier alpha value is -1.37. The van der Waals surface area contributed by atoms with Gasteiger partial charge in [-0.2, -0.15) is 0 Å². The molecule has 0 spiro atoms. The second-order valence-corrected chi connectivity index (χ2v) is 3.94. The normalized spacial score (nSPS) is 20.3. The second-order valence-electron chi connectivity index (χ2n) is 3.94. The first-order chi connectivity index (χ1) is 7.58.